The summed E-state index contributed by atoms with van der Waals surface area (Å²) < 4.78 is 5.07. The van der Waals surface area contributed by atoms with E-state index in [2.05, 4.69) is 13.8 Å². The molecule has 2 rings (SSSR count). The zero-order chi connectivity index (χ0) is 19.1. The number of nitriles is 1. The molecule has 1 saturated heterocycles. The highest BCUT2D eigenvalue weighted by atomic mass is 16.5. The van der Waals surface area contributed by atoms with Crippen LogP contribution >= 0.6 is 0 Å². The fourth-order valence-electron chi connectivity index (χ4n) is 3.04. The van der Waals surface area contributed by atoms with E-state index in [4.69, 9.17) is 4.74 Å². The predicted molar refractivity (Wildman–Crippen MR) is 100 cm³/mol. The van der Waals surface area contributed by atoms with E-state index in [0.29, 0.717) is 12.5 Å². The number of amides is 1. The average molecular weight is 354 g/mol. The Morgan fingerprint density at radius 1 is 1.31 bits per heavy atom. The molecular formula is C21H26N2O3. The molecule has 1 atom stereocenters. The van der Waals surface area contributed by atoms with Gasteiger partial charge in [0.15, 0.2) is 6.61 Å². The van der Waals surface area contributed by atoms with E-state index in [1.807, 2.05) is 37.3 Å². The van der Waals surface area contributed by atoms with Gasteiger partial charge in [-0.3, -0.25) is 4.79 Å². The molecule has 1 aromatic carbocycles. The molecule has 0 unspecified atom stereocenters. The first-order chi connectivity index (χ1) is 12.4. The van der Waals surface area contributed by atoms with Crippen molar-refractivity contribution in [3.05, 3.63) is 41.0 Å². The standard InChI is InChI=1S/C21H26N2O3/c1-15(2)18-9-7-17(8-10-18)12-19(13-22)21(25)26-14-20(24)23-11-5-4-6-16(23)3/h7-10,12,15-16H,4-6,11,14H2,1-3H3/b19-12+/t16-/m1/s1. The number of carbonyl (C=O) groups excluding carboxylic acids is 2. The van der Waals surface area contributed by atoms with Crippen LogP contribution in [0.4, 0.5) is 0 Å². The van der Waals surface area contributed by atoms with Crippen molar-refractivity contribution in [3.63, 3.8) is 0 Å². The molecule has 0 saturated carbocycles. The number of rotatable bonds is 5. The van der Waals surface area contributed by atoms with Gasteiger partial charge >= 0.3 is 5.97 Å². The first kappa shape index (κ1) is 19.7. The Balaban J connectivity index is 1.97. The maximum Gasteiger partial charge on any atom is 0.349 e. The van der Waals surface area contributed by atoms with Crippen LogP contribution in [0.3, 0.4) is 0 Å². The Labute approximate surface area is 155 Å². The van der Waals surface area contributed by atoms with Gasteiger partial charge in [-0.15, -0.1) is 0 Å². The van der Waals surface area contributed by atoms with Crippen LogP contribution in [-0.4, -0.2) is 36.0 Å². The van der Waals surface area contributed by atoms with Gasteiger partial charge in [-0.25, -0.2) is 4.79 Å². The van der Waals surface area contributed by atoms with Crippen molar-refractivity contribution >= 4 is 18.0 Å². The first-order valence-electron chi connectivity index (χ1n) is 9.10. The number of likely N-dealkylation sites (tertiary alicyclic amines) is 1. The van der Waals surface area contributed by atoms with Gasteiger partial charge in [0.1, 0.15) is 11.6 Å². The minimum Gasteiger partial charge on any atom is -0.451 e. The molecule has 5 nitrogen and oxygen atoms in total. The lowest BCUT2D eigenvalue weighted by atomic mass is 10.0. The summed E-state index contributed by atoms with van der Waals surface area (Å²) in [5.74, 6) is -0.556. The second-order valence-electron chi connectivity index (χ2n) is 7.00. The summed E-state index contributed by atoms with van der Waals surface area (Å²) in [5, 5.41) is 9.24. The highest BCUT2D eigenvalue weighted by Gasteiger charge is 2.24. The van der Waals surface area contributed by atoms with Crippen molar-refractivity contribution in [2.24, 2.45) is 0 Å². The molecule has 0 spiro atoms. The molecule has 0 bridgehead atoms. The number of piperidine rings is 1. The second-order valence-corrected chi connectivity index (χ2v) is 7.00. The van der Waals surface area contributed by atoms with Crippen LogP contribution in [0.25, 0.3) is 6.08 Å². The normalized spacial score (nSPS) is 17.7. The Kier molecular flexibility index (Phi) is 6.97. The van der Waals surface area contributed by atoms with Crippen LogP contribution in [0.15, 0.2) is 29.8 Å². The van der Waals surface area contributed by atoms with Gasteiger partial charge in [0.2, 0.25) is 0 Å². The lowest BCUT2D eigenvalue weighted by molar-refractivity contribution is -0.150. The minimum absolute atomic E-state index is 0.109. The summed E-state index contributed by atoms with van der Waals surface area (Å²) in [6.07, 6.45) is 4.54. The molecule has 0 aromatic heterocycles. The lowest BCUT2D eigenvalue weighted by Gasteiger charge is -2.33. The Morgan fingerprint density at radius 2 is 2.00 bits per heavy atom. The van der Waals surface area contributed by atoms with Crippen molar-refractivity contribution in [2.45, 2.75) is 52.0 Å². The van der Waals surface area contributed by atoms with Gasteiger partial charge in [0, 0.05) is 12.6 Å². The molecule has 138 valence electrons. The number of benzene rings is 1. The Morgan fingerprint density at radius 3 is 2.58 bits per heavy atom. The summed E-state index contributed by atoms with van der Waals surface area (Å²) in [6.45, 7) is 6.57. The highest BCUT2D eigenvalue weighted by Crippen LogP contribution is 2.18. The van der Waals surface area contributed by atoms with Crippen LogP contribution in [0.2, 0.25) is 0 Å². The molecule has 26 heavy (non-hydrogen) atoms. The van der Waals surface area contributed by atoms with Crippen molar-refractivity contribution in [1.82, 2.24) is 4.90 Å². The van der Waals surface area contributed by atoms with Crippen LogP contribution in [0.1, 0.15) is 57.1 Å². The van der Waals surface area contributed by atoms with Crippen molar-refractivity contribution in [2.75, 3.05) is 13.2 Å². The van der Waals surface area contributed by atoms with Crippen LogP contribution in [0, 0.1) is 11.3 Å². The summed E-state index contributed by atoms with van der Waals surface area (Å²) in [4.78, 5) is 26.1. The van der Waals surface area contributed by atoms with Gasteiger partial charge in [-0.2, -0.15) is 5.26 Å². The third kappa shape index (κ3) is 5.19. The van der Waals surface area contributed by atoms with Gasteiger partial charge in [0.05, 0.1) is 0 Å². The van der Waals surface area contributed by atoms with Gasteiger partial charge < -0.3 is 9.64 Å². The molecule has 0 aliphatic carbocycles. The highest BCUT2D eigenvalue weighted by molar-refractivity contribution is 5.98. The van der Waals surface area contributed by atoms with Gasteiger partial charge in [-0.05, 0) is 49.3 Å². The second kappa shape index (κ2) is 9.19. The third-order valence-electron chi connectivity index (χ3n) is 4.70. The summed E-state index contributed by atoms with van der Waals surface area (Å²) in [7, 11) is 0. The molecule has 0 N–H and O–H groups in total. The van der Waals surface area contributed by atoms with Crippen molar-refractivity contribution < 1.29 is 14.3 Å². The zero-order valence-electron chi connectivity index (χ0n) is 15.7. The number of hydrogen-bond donors (Lipinski definition) is 0. The summed E-state index contributed by atoms with van der Waals surface area (Å²) in [6, 6.07) is 9.69. The number of nitrogens with zero attached hydrogens (tertiary/aromatic N) is 2. The maximum absolute atomic E-state index is 12.2. The largest absolute Gasteiger partial charge is 0.451 e. The summed E-state index contributed by atoms with van der Waals surface area (Å²) in [5.41, 5.74) is 1.82. The molecule has 1 aliphatic heterocycles. The lowest BCUT2D eigenvalue weighted by Crippen LogP contribution is -2.44. The number of esters is 1. The smallest absolute Gasteiger partial charge is 0.349 e. The first-order valence-corrected chi connectivity index (χ1v) is 9.10. The number of hydrogen-bond acceptors (Lipinski definition) is 4. The van der Waals surface area contributed by atoms with Crippen molar-refractivity contribution in [1.29, 1.82) is 5.26 Å². The zero-order valence-corrected chi connectivity index (χ0v) is 15.7. The van der Waals surface area contributed by atoms with Crippen molar-refractivity contribution in [3.8, 4) is 6.07 Å². The molecule has 1 fully saturated rings. The van der Waals surface area contributed by atoms with E-state index in [9.17, 15) is 14.9 Å². The summed E-state index contributed by atoms with van der Waals surface area (Å²) >= 11 is 0. The molecule has 1 aliphatic rings. The Hall–Kier alpha value is -2.61. The molecule has 5 heteroatoms. The van der Waals surface area contributed by atoms with E-state index in [1.165, 1.54) is 11.6 Å². The fourth-order valence-corrected chi connectivity index (χ4v) is 3.04. The van der Waals surface area contributed by atoms with Gasteiger partial charge in [0.25, 0.3) is 5.91 Å². The van der Waals surface area contributed by atoms with E-state index in [0.717, 1.165) is 24.8 Å². The molecular weight excluding hydrogens is 328 g/mol. The quantitative estimate of drug-likeness (QED) is 0.460. The number of carbonyl (C=O) groups is 2. The van der Waals surface area contributed by atoms with E-state index in [-0.39, 0.29) is 24.1 Å². The maximum atomic E-state index is 12.2. The molecule has 0 radical (unpaired) electrons. The Bertz CT molecular complexity index is 714. The third-order valence-corrected chi connectivity index (χ3v) is 4.70. The van der Waals surface area contributed by atoms with E-state index in [1.54, 1.807) is 4.90 Å². The topological polar surface area (TPSA) is 70.4 Å². The van der Waals surface area contributed by atoms with Crippen LogP contribution in [0.5, 0.6) is 0 Å². The van der Waals surface area contributed by atoms with Crippen LogP contribution < -0.4 is 0 Å². The SMILES string of the molecule is CC(C)c1ccc(/C=C(\C#N)C(=O)OCC(=O)N2CCCC[C@H]2C)cc1. The van der Waals surface area contributed by atoms with Crippen LogP contribution in [-0.2, 0) is 14.3 Å². The average Bonchev–Trinajstić information content (AvgIpc) is 2.64. The predicted octanol–water partition coefficient (Wildman–Crippen LogP) is 3.66. The molecule has 1 aromatic rings. The van der Waals surface area contributed by atoms with E-state index < -0.39 is 5.97 Å². The molecule has 1 amide bonds. The monoisotopic (exact) mass is 354 g/mol. The fraction of sp³-hybridized carbons (Fsp3) is 0.476. The van der Waals surface area contributed by atoms with E-state index >= 15 is 0 Å². The minimum atomic E-state index is -0.765. The van der Waals surface area contributed by atoms with Gasteiger partial charge in [-0.1, -0.05) is 38.1 Å². The molecule has 1 heterocycles. The number of ether oxygens (including phenoxy) is 1.